The summed E-state index contributed by atoms with van der Waals surface area (Å²) < 4.78 is 35.8. The summed E-state index contributed by atoms with van der Waals surface area (Å²) in [5.74, 6) is -1.25. The summed E-state index contributed by atoms with van der Waals surface area (Å²) in [4.78, 5) is 43.4. The van der Waals surface area contributed by atoms with Gasteiger partial charge in [-0.1, -0.05) is 41.5 Å². The summed E-state index contributed by atoms with van der Waals surface area (Å²) >= 11 is 0. The van der Waals surface area contributed by atoms with Gasteiger partial charge in [0.25, 0.3) is 0 Å². The molecule has 9 nitrogen and oxygen atoms in total. The smallest absolute Gasteiger partial charge is 0.356 e. The second-order valence-electron chi connectivity index (χ2n) is 9.67. The molecule has 2 atom stereocenters. The van der Waals surface area contributed by atoms with Crippen molar-refractivity contribution in [3.05, 3.63) is 0 Å². The highest BCUT2D eigenvalue weighted by molar-refractivity contribution is 5.87. The number of nitrogens with one attached hydrogen (secondary N) is 3. The molecule has 2 fully saturated rings. The third kappa shape index (κ3) is 17.3. The molecule has 35 heavy (non-hydrogen) atoms. The van der Waals surface area contributed by atoms with E-state index >= 15 is 0 Å². The first kappa shape index (κ1) is 34.3. The van der Waals surface area contributed by atoms with Gasteiger partial charge in [-0.15, -0.1) is 0 Å². The number of carbonyl (C=O) groups excluding carboxylic acids is 4. The largest absolute Gasteiger partial charge is 0.471 e. The van der Waals surface area contributed by atoms with E-state index in [2.05, 4.69) is 31.4 Å². The Bertz CT molecular complexity index is 710. The van der Waals surface area contributed by atoms with Gasteiger partial charge in [-0.3, -0.25) is 19.2 Å². The summed E-state index contributed by atoms with van der Waals surface area (Å²) in [6.45, 7) is 15.4. The van der Waals surface area contributed by atoms with E-state index < -0.39 is 24.5 Å². The molecule has 12 heteroatoms. The van der Waals surface area contributed by atoms with Crippen LogP contribution in [0, 0.1) is 28.6 Å². The number of rotatable bonds is 4. The van der Waals surface area contributed by atoms with E-state index in [1.165, 1.54) is 4.90 Å². The van der Waals surface area contributed by atoms with Crippen molar-refractivity contribution in [2.75, 3.05) is 26.2 Å². The van der Waals surface area contributed by atoms with Crippen LogP contribution in [0.15, 0.2) is 0 Å². The summed E-state index contributed by atoms with van der Waals surface area (Å²) in [6.07, 6.45) is -2.68. The first-order valence-corrected chi connectivity index (χ1v) is 11.5. The van der Waals surface area contributed by atoms with Gasteiger partial charge in [-0.05, 0) is 30.6 Å². The van der Waals surface area contributed by atoms with Crippen molar-refractivity contribution < 1.29 is 32.3 Å². The van der Waals surface area contributed by atoms with Gasteiger partial charge in [-0.2, -0.15) is 18.4 Å². The minimum atomic E-state index is -4.95. The minimum Gasteiger partial charge on any atom is -0.356 e. The van der Waals surface area contributed by atoms with Crippen LogP contribution in [-0.4, -0.2) is 67.4 Å². The van der Waals surface area contributed by atoms with Gasteiger partial charge in [0.15, 0.2) is 0 Å². The van der Waals surface area contributed by atoms with Crippen LogP contribution in [-0.2, 0) is 19.2 Å². The lowest BCUT2D eigenvalue weighted by Gasteiger charge is -2.22. The molecular weight excluding hydrogens is 467 g/mol. The Balaban J connectivity index is 0. The molecule has 0 radical (unpaired) electrons. The fourth-order valence-corrected chi connectivity index (χ4v) is 2.55. The molecule has 0 bridgehead atoms. The van der Waals surface area contributed by atoms with Gasteiger partial charge in [0.05, 0.1) is 12.6 Å². The zero-order valence-corrected chi connectivity index (χ0v) is 21.7. The number of hydrogen-bond acceptors (Lipinski definition) is 5. The normalized spacial score (nSPS) is 18.7. The van der Waals surface area contributed by atoms with Gasteiger partial charge >= 0.3 is 12.1 Å². The van der Waals surface area contributed by atoms with Crippen molar-refractivity contribution in [1.82, 2.24) is 20.9 Å². The monoisotopic (exact) mass is 507 g/mol. The van der Waals surface area contributed by atoms with Crippen molar-refractivity contribution in [1.29, 1.82) is 5.26 Å². The lowest BCUT2D eigenvalue weighted by atomic mass is 9.84. The Morgan fingerprint density at radius 1 is 1.29 bits per heavy atom. The van der Waals surface area contributed by atoms with Crippen LogP contribution >= 0.6 is 0 Å². The number of hydrogen-bond donors (Lipinski definition) is 3. The standard InChI is InChI=1S/C11H17F3N2O2.C4H6N2O.C4H7NO.C4H10/c1-7-5-16(6-10(7,2)3)8(17)4-15-9(18)11(12,13)14;1-4(2-5)6-3-7;6-4-2-1-3-5-4;1-4(2)3/h7H,4-6H2,1-3H3,(H,15,18);3-4H,1H3,(H,6,7);1-3H2,(H,5,6);4H,1-3H3. The predicted octanol–water partition coefficient (Wildman–Crippen LogP) is 2.37. The molecule has 4 amide bonds. The molecule has 2 unspecified atom stereocenters. The number of amides is 4. The van der Waals surface area contributed by atoms with Crippen molar-refractivity contribution in [2.24, 2.45) is 17.3 Å². The zero-order chi connectivity index (χ0) is 27.8. The first-order chi connectivity index (χ1) is 16.0. The summed E-state index contributed by atoms with van der Waals surface area (Å²) in [5, 5.41) is 14.5. The molecule has 0 aromatic rings. The van der Waals surface area contributed by atoms with E-state index in [1.807, 2.05) is 26.8 Å². The number of alkyl halides is 3. The number of nitrogens with zero attached hydrogens (tertiary/aromatic N) is 2. The molecule has 2 rings (SSSR count). The molecule has 0 spiro atoms. The number of halogens is 3. The van der Waals surface area contributed by atoms with Crippen LogP contribution in [0.2, 0.25) is 0 Å². The van der Waals surface area contributed by atoms with Crippen molar-refractivity contribution in [2.45, 2.75) is 73.5 Å². The van der Waals surface area contributed by atoms with E-state index in [0.717, 1.165) is 25.3 Å². The van der Waals surface area contributed by atoms with Crippen LogP contribution in [0.5, 0.6) is 0 Å². The van der Waals surface area contributed by atoms with E-state index in [9.17, 15) is 32.3 Å². The van der Waals surface area contributed by atoms with Crippen LogP contribution in [0.1, 0.15) is 61.3 Å². The zero-order valence-electron chi connectivity index (χ0n) is 21.7. The molecular formula is C23H40F3N5O4. The predicted molar refractivity (Wildman–Crippen MR) is 126 cm³/mol. The van der Waals surface area contributed by atoms with Gasteiger partial charge < -0.3 is 20.9 Å². The van der Waals surface area contributed by atoms with Gasteiger partial charge in [0.1, 0.15) is 6.04 Å². The number of nitriles is 1. The maximum Gasteiger partial charge on any atom is 0.471 e. The Morgan fingerprint density at radius 2 is 1.83 bits per heavy atom. The first-order valence-electron chi connectivity index (χ1n) is 11.5. The average molecular weight is 508 g/mol. The van der Waals surface area contributed by atoms with Crippen LogP contribution in [0.4, 0.5) is 13.2 Å². The number of carbonyl (C=O) groups is 4. The Kier molecular flexibility index (Phi) is 16.4. The Morgan fingerprint density at radius 3 is 2.09 bits per heavy atom. The van der Waals surface area contributed by atoms with Gasteiger partial charge in [0.2, 0.25) is 18.2 Å². The van der Waals surface area contributed by atoms with E-state index in [-0.39, 0.29) is 23.3 Å². The maximum atomic E-state index is 11.9. The topological polar surface area (TPSA) is 131 Å². The summed E-state index contributed by atoms with van der Waals surface area (Å²) in [7, 11) is 0. The molecule has 2 heterocycles. The highest BCUT2D eigenvalue weighted by atomic mass is 19.4. The quantitative estimate of drug-likeness (QED) is 0.503. The SMILES string of the molecule is CC(C#N)NC=O.CC(C)C.CC1CN(C(=O)CNC(=O)C(F)(F)F)CC1(C)C.O=C1CCCN1. The van der Waals surface area contributed by atoms with Crippen LogP contribution < -0.4 is 16.0 Å². The van der Waals surface area contributed by atoms with Crippen molar-refractivity contribution in [3.8, 4) is 6.07 Å². The molecule has 0 aromatic heterocycles. The molecule has 0 aliphatic carbocycles. The molecule has 0 saturated carbocycles. The number of likely N-dealkylation sites (tertiary alicyclic amines) is 1. The second-order valence-corrected chi connectivity index (χ2v) is 9.67. The van der Waals surface area contributed by atoms with Crippen LogP contribution in [0.25, 0.3) is 0 Å². The average Bonchev–Trinajstić information content (AvgIpc) is 3.31. The fourth-order valence-electron chi connectivity index (χ4n) is 2.55. The van der Waals surface area contributed by atoms with E-state index in [0.29, 0.717) is 19.5 Å². The Hall–Kier alpha value is -2.84. The molecule has 2 aliphatic rings. The van der Waals surface area contributed by atoms with E-state index in [4.69, 9.17) is 5.26 Å². The van der Waals surface area contributed by atoms with Gasteiger partial charge in [-0.25, -0.2) is 0 Å². The van der Waals surface area contributed by atoms with Crippen LogP contribution in [0.3, 0.4) is 0 Å². The molecule has 2 saturated heterocycles. The molecule has 202 valence electrons. The lowest BCUT2D eigenvalue weighted by Crippen LogP contribution is -2.44. The summed E-state index contributed by atoms with van der Waals surface area (Å²) in [5.41, 5.74) is -0.0519. The third-order valence-corrected chi connectivity index (χ3v) is 4.85. The molecule has 3 N–H and O–H groups in total. The molecule has 2 aliphatic heterocycles. The van der Waals surface area contributed by atoms with Crippen molar-refractivity contribution >= 4 is 24.1 Å². The highest BCUT2D eigenvalue weighted by Crippen LogP contribution is 2.34. The third-order valence-electron chi connectivity index (χ3n) is 4.85. The summed E-state index contributed by atoms with van der Waals surface area (Å²) in [6, 6.07) is 1.46. The minimum absolute atomic E-state index is 0.0519. The second kappa shape index (κ2) is 16.7. The highest BCUT2D eigenvalue weighted by Gasteiger charge is 2.41. The lowest BCUT2D eigenvalue weighted by molar-refractivity contribution is -0.174. The Labute approximate surface area is 206 Å². The van der Waals surface area contributed by atoms with E-state index in [1.54, 1.807) is 12.2 Å². The fraction of sp³-hybridized carbons (Fsp3) is 0.783. The van der Waals surface area contributed by atoms with Crippen molar-refractivity contribution in [3.63, 3.8) is 0 Å². The maximum absolute atomic E-state index is 11.9. The van der Waals surface area contributed by atoms with Gasteiger partial charge in [0, 0.05) is 26.1 Å². The molecule has 0 aromatic carbocycles.